The van der Waals surface area contributed by atoms with E-state index in [1.54, 1.807) is 0 Å². The Balaban J connectivity index is 3.34. The lowest BCUT2D eigenvalue weighted by atomic mass is 10.2. The molecule has 0 radical (unpaired) electrons. The van der Waals surface area contributed by atoms with Gasteiger partial charge in [-0.2, -0.15) is 0 Å². The molecule has 0 aromatic rings. The van der Waals surface area contributed by atoms with Gasteiger partial charge in [-0.05, 0) is 12.3 Å². The molecule has 0 aliphatic rings. The Labute approximate surface area is 47.6 Å². The predicted octanol–water partition coefficient (Wildman–Crippen LogP) is 2.61. The van der Waals surface area contributed by atoms with Crippen molar-refractivity contribution < 1.29 is 1.37 Å². The van der Waals surface area contributed by atoms with Crippen molar-refractivity contribution in [1.29, 1.82) is 0 Å². The quantitative estimate of drug-likeness (QED) is 0.467. The van der Waals surface area contributed by atoms with Gasteiger partial charge < -0.3 is 0 Å². The van der Waals surface area contributed by atoms with Crippen molar-refractivity contribution in [2.24, 2.45) is 5.92 Å². The minimum atomic E-state index is -0.0441. The highest BCUT2D eigenvalue weighted by atomic mass is 13.8. The molecular formula is C7H14. The van der Waals surface area contributed by atoms with E-state index in [0.717, 1.165) is 0 Å². The van der Waals surface area contributed by atoms with Gasteiger partial charge in [-0.3, -0.25) is 0 Å². The highest BCUT2D eigenvalue weighted by Gasteiger charge is 1.78. The van der Waals surface area contributed by atoms with Crippen molar-refractivity contribution in [3.63, 3.8) is 0 Å². The van der Waals surface area contributed by atoms with Gasteiger partial charge in [0.05, 0.1) is 0 Å². The van der Waals surface area contributed by atoms with Crippen molar-refractivity contribution in [1.82, 2.24) is 0 Å². The van der Waals surface area contributed by atoms with Crippen molar-refractivity contribution in [2.45, 2.75) is 27.2 Å². The number of rotatable bonds is 2. The first-order valence-corrected chi connectivity index (χ1v) is 2.73. The van der Waals surface area contributed by atoms with E-state index in [2.05, 4.69) is 19.9 Å². The Morgan fingerprint density at radius 2 is 2.29 bits per heavy atom. The third-order valence-electron chi connectivity index (χ3n) is 0.688. The fourth-order valence-corrected chi connectivity index (χ4v) is 0.333. The highest BCUT2D eigenvalue weighted by Crippen LogP contribution is 1.93. The molecule has 0 aromatic heterocycles. The number of allylic oxidation sites excluding steroid dienone is 2. The van der Waals surface area contributed by atoms with E-state index in [-0.39, 0.29) is 6.40 Å². The maximum atomic E-state index is 7.08. The van der Waals surface area contributed by atoms with Gasteiger partial charge in [-0.1, -0.05) is 32.9 Å². The van der Waals surface area contributed by atoms with Crippen LogP contribution in [0.4, 0.5) is 0 Å². The lowest BCUT2D eigenvalue weighted by molar-refractivity contribution is 0.826. The SMILES string of the molecule is [2H][C@H](C)/C=C\C(C)C. The average molecular weight is 99.2 g/mol. The molecular weight excluding hydrogens is 84.1 g/mol. The van der Waals surface area contributed by atoms with Crippen LogP contribution < -0.4 is 0 Å². The van der Waals surface area contributed by atoms with Gasteiger partial charge in [0.2, 0.25) is 0 Å². The Morgan fingerprint density at radius 3 is 2.43 bits per heavy atom. The van der Waals surface area contributed by atoms with Gasteiger partial charge in [0, 0.05) is 1.37 Å². The van der Waals surface area contributed by atoms with Crippen LogP contribution in [0.3, 0.4) is 0 Å². The van der Waals surface area contributed by atoms with Crippen LogP contribution in [0, 0.1) is 5.92 Å². The topological polar surface area (TPSA) is 0 Å². The summed E-state index contributed by atoms with van der Waals surface area (Å²) in [5, 5.41) is 0. The van der Waals surface area contributed by atoms with Gasteiger partial charge in [-0.15, -0.1) is 0 Å². The molecule has 0 fully saturated rings. The molecule has 1 atom stereocenters. The molecule has 0 nitrogen and oxygen atoms in total. The van der Waals surface area contributed by atoms with E-state index in [1.165, 1.54) is 0 Å². The summed E-state index contributed by atoms with van der Waals surface area (Å²) in [6, 6.07) is 0. The van der Waals surface area contributed by atoms with Gasteiger partial charge in [0.1, 0.15) is 0 Å². The molecule has 0 aromatic carbocycles. The Morgan fingerprint density at radius 1 is 1.71 bits per heavy atom. The molecule has 0 unspecified atom stereocenters. The summed E-state index contributed by atoms with van der Waals surface area (Å²) in [4.78, 5) is 0. The molecule has 0 aliphatic carbocycles. The van der Waals surface area contributed by atoms with Crippen LogP contribution >= 0.6 is 0 Å². The monoisotopic (exact) mass is 99.1 g/mol. The first kappa shape index (κ1) is 4.89. The van der Waals surface area contributed by atoms with Crippen LogP contribution in [0.5, 0.6) is 0 Å². The number of hydrogen-bond acceptors (Lipinski definition) is 0. The smallest absolute Gasteiger partial charge is 0.0307 e. The van der Waals surface area contributed by atoms with Gasteiger partial charge in [-0.25, -0.2) is 0 Å². The van der Waals surface area contributed by atoms with Crippen molar-refractivity contribution in [2.75, 3.05) is 0 Å². The minimum Gasteiger partial charge on any atom is -0.0886 e. The second kappa shape index (κ2) is 3.91. The molecule has 42 valence electrons. The molecule has 0 rings (SSSR count). The minimum absolute atomic E-state index is 0.0441. The zero-order valence-corrected chi connectivity index (χ0v) is 5.31. The second-order valence-corrected chi connectivity index (χ2v) is 1.96. The zero-order valence-electron chi connectivity index (χ0n) is 6.31. The lowest BCUT2D eigenvalue weighted by Gasteiger charge is -1.88. The van der Waals surface area contributed by atoms with E-state index in [0.29, 0.717) is 5.92 Å². The molecule has 0 heterocycles. The highest BCUT2D eigenvalue weighted by molar-refractivity contribution is 4.82. The zero-order chi connectivity index (χ0) is 6.57. The van der Waals surface area contributed by atoms with E-state index >= 15 is 0 Å². The van der Waals surface area contributed by atoms with E-state index in [1.807, 2.05) is 13.0 Å². The Hall–Kier alpha value is -0.260. The Bertz CT molecular complexity index is 62.5. The van der Waals surface area contributed by atoms with Crippen molar-refractivity contribution >= 4 is 0 Å². The third-order valence-corrected chi connectivity index (χ3v) is 0.688. The van der Waals surface area contributed by atoms with Crippen LogP contribution in [0.2, 0.25) is 0 Å². The van der Waals surface area contributed by atoms with Crippen LogP contribution in [0.25, 0.3) is 0 Å². The molecule has 0 N–H and O–H groups in total. The molecule has 7 heavy (non-hydrogen) atoms. The molecule has 0 saturated heterocycles. The first-order valence-electron chi connectivity index (χ1n) is 3.31. The van der Waals surface area contributed by atoms with E-state index < -0.39 is 0 Å². The van der Waals surface area contributed by atoms with E-state index in [4.69, 9.17) is 1.37 Å². The second-order valence-electron chi connectivity index (χ2n) is 1.96. The summed E-state index contributed by atoms with van der Waals surface area (Å²) in [5.41, 5.74) is 0. The molecule has 0 spiro atoms. The van der Waals surface area contributed by atoms with Crippen molar-refractivity contribution in [3.05, 3.63) is 12.2 Å². The molecule has 0 bridgehead atoms. The fraction of sp³-hybridized carbons (Fsp3) is 0.714. The third kappa shape index (κ3) is 5.74. The summed E-state index contributed by atoms with van der Waals surface area (Å²) in [6.45, 7) is 6.08. The lowest BCUT2D eigenvalue weighted by Crippen LogP contribution is -1.74. The molecule has 0 heteroatoms. The summed E-state index contributed by atoms with van der Waals surface area (Å²) in [7, 11) is 0. The van der Waals surface area contributed by atoms with Gasteiger partial charge in [0.15, 0.2) is 0 Å². The average Bonchev–Trinajstić information content (AvgIpc) is 1.61. The normalized spacial score (nSPS) is 18.0. The van der Waals surface area contributed by atoms with Gasteiger partial charge >= 0.3 is 0 Å². The maximum Gasteiger partial charge on any atom is 0.0307 e. The largest absolute Gasteiger partial charge is 0.0886 e. The van der Waals surface area contributed by atoms with Crippen molar-refractivity contribution in [3.8, 4) is 0 Å². The summed E-state index contributed by atoms with van der Waals surface area (Å²) < 4.78 is 7.08. The van der Waals surface area contributed by atoms with E-state index in [9.17, 15) is 0 Å². The van der Waals surface area contributed by atoms with Crippen LogP contribution in [-0.4, -0.2) is 0 Å². The van der Waals surface area contributed by atoms with Crippen LogP contribution in [0.1, 0.15) is 28.5 Å². The van der Waals surface area contributed by atoms with Crippen LogP contribution in [-0.2, 0) is 0 Å². The fourth-order valence-electron chi connectivity index (χ4n) is 0.333. The van der Waals surface area contributed by atoms with Gasteiger partial charge in [0.25, 0.3) is 0 Å². The molecule has 0 saturated carbocycles. The predicted molar refractivity (Wildman–Crippen MR) is 34.3 cm³/mol. The summed E-state index contributed by atoms with van der Waals surface area (Å²) in [6.07, 6.45) is 3.92. The Kier molecular flexibility index (Phi) is 2.73. The maximum absolute atomic E-state index is 7.08. The summed E-state index contributed by atoms with van der Waals surface area (Å²) in [5.74, 6) is 0.586. The molecule has 0 amide bonds. The summed E-state index contributed by atoms with van der Waals surface area (Å²) >= 11 is 0. The first-order chi connectivity index (χ1) is 3.63. The number of hydrogen-bond donors (Lipinski definition) is 0. The molecule has 0 aliphatic heterocycles. The van der Waals surface area contributed by atoms with Crippen LogP contribution in [0.15, 0.2) is 12.2 Å². The standard InChI is InChI=1S/C7H14/c1-4-5-6-7(2)3/h5-7H,4H2,1-3H3/b6-5-/i4D/t4-/m1/s1.